The van der Waals surface area contributed by atoms with Gasteiger partial charge in [0.2, 0.25) is 5.91 Å². The van der Waals surface area contributed by atoms with Crippen LogP contribution in [0.5, 0.6) is 0 Å². The van der Waals surface area contributed by atoms with Crippen LogP contribution in [0.25, 0.3) is 0 Å². The third-order valence-corrected chi connectivity index (χ3v) is 20.1. The fourth-order valence-electron chi connectivity index (χ4n) is 13.7. The number of hydrogen-bond acceptors (Lipinski definition) is 5. The Balaban J connectivity index is 3.33. The highest BCUT2D eigenvalue weighted by molar-refractivity contribution is 5.76. The number of carbonyl (C=O) groups excluding carboxylic acids is 2. The number of rotatable bonds is 80. The highest BCUT2D eigenvalue weighted by Crippen LogP contribution is 2.21. The van der Waals surface area contributed by atoms with Gasteiger partial charge in [0.25, 0.3) is 0 Å². The van der Waals surface area contributed by atoms with Gasteiger partial charge in [-0.05, 0) is 51.4 Å². The molecule has 0 heterocycles. The number of hydrogen-bond donors (Lipinski definition) is 3. The Kier molecular flexibility index (Phi) is 78.8. The minimum Gasteiger partial charge on any atom is -0.466 e. The quantitative estimate of drug-likeness (QED) is 0.0320. The fraction of sp³-hybridized carbons (Fsp3) is 0.952. The second-order valence-electron chi connectivity index (χ2n) is 29.2. The minimum atomic E-state index is -0.663. The van der Waals surface area contributed by atoms with Crippen LogP contribution in [0.15, 0.2) is 12.2 Å². The van der Waals surface area contributed by atoms with Crippen molar-refractivity contribution in [3.05, 3.63) is 12.2 Å². The van der Waals surface area contributed by atoms with Gasteiger partial charge >= 0.3 is 5.97 Å². The summed E-state index contributed by atoms with van der Waals surface area (Å²) in [7, 11) is 0. The molecule has 3 N–H and O–H groups in total. The summed E-state index contributed by atoms with van der Waals surface area (Å²) in [6, 6.07) is -0.539. The SMILES string of the molecule is CCCCCCCCCCCCCCCCCCCCCCCCC(O)C(CO)NC(=O)CCCCCCCCCCCCCCCCCCC/C=C\CCCCCCCCCCCCCCCCOC(=O)CCCCCCCCCCCCCCCCCC. The van der Waals surface area contributed by atoms with Gasteiger partial charge in [-0.15, -0.1) is 0 Å². The average molecular weight is 1270 g/mol. The summed E-state index contributed by atoms with van der Waals surface area (Å²) >= 11 is 0. The van der Waals surface area contributed by atoms with Crippen LogP contribution < -0.4 is 5.32 Å². The molecular formula is C84H165NO5. The molecule has 0 spiro atoms. The number of nitrogens with one attached hydrogen (secondary N) is 1. The van der Waals surface area contributed by atoms with Gasteiger partial charge in [-0.3, -0.25) is 9.59 Å². The van der Waals surface area contributed by atoms with Crippen molar-refractivity contribution in [1.82, 2.24) is 5.32 Å². The summed E-state index contributed by atoms with van der Waals surface area (Å²) in [5.41, 5.74) is 0. The van der Waals surface area contributed by atoms with Crippen LogP contribution in [-0.2, 0) is 14.3 Å². The van der Waals surface area contributed by atoms with E-state index in [9.17, 15) is 19.8 Å². The number of carbonyl (C=O) groups is 2. The molecule has 0 fully saturated rings. The largest absolute Gasteiger partial charge is 0.466 e. The highest BCUT2D eigenvalue weighted by Gasteiger charge is 2.20. The first-order chi connectivity index (χ1) is 44.5. The Hall–Kier alpha value is -1.40. The molecule has 0 radical (unpaired) electrons. The van der Waals surface area contributed by atoms with Crippen molar-refractivity contribution in [2.24, 2.45) is 0 Å². The van der Waals surface area contributed by atoms with Crippen LogP contribution in [-0.4, -0.2) is 47.4 Å². The van der Waals surface area contributed by atoms with Gasteiger partial charge in [-0.1, -0.05) is 437 Å². The predicted octanol–water partition coefficient (Wildman–Crippen LogP) is 27.8. The second-order valence-corrected chi connectivity index (χ2v) is 29.2. The van der Waals surface area contributed by atoms with E-state index in [0.29, 0.717) is 25.9 Å². The lowest BCUT2D eigenvalue weighted by atomic mass is 10.0. The molecule has 536 valence electrons. The van der Waals surface area contributed by atoms with E-state index in [0.717, 1.165) is 38.5 Å². The zero-order chi connectivity index (χ0) is 64.9. The molecule has 2 atom stereocenters. The Morgan fingerprint density at radius 2 is 0.522 bits per heavy atom. The van der Waals surface area contributed by atoms with Crippen LogP contribution in [0.3, 0.4) is 0 Å². The molecule has 0 aromatic heterocycles. The van der Waals surface area contributed by atoms with Gasteiger partial charge < -0.3 is 20.3 Å². The van der Waals surface area contributed by atoms with Gasteiger partial charge in [0, 0.05) is 12.8 Å². The first-order valence-corrected chi connectivity index (χ1v) is 41.9. The maximum absolute atomic E-state index is 12.6. The van der Waals surface area contributed by atoms with Crippen molar-refractivity contribution in [2.75, 3.05) is 13.2 Å². The fourth-order valence-corrected chi connectivity index (χ4v) is 13.7. The van der Waals surface area contributed by atoms with Crippen LogP contribution in [0.1, 0.15) is 489 Å². The Bertz CT molecular complexity index is 1370. The average Bonchev–Trinajstić information content (AvgIpc) is 3.58. The Labute approximate surface area is 565 Å². The minimum absolute atomic E-state index is 0.0251. The standard InChI is InChI=1S/C84H165NO5/c1-3-5-7-9-11-13-15-17-19-21-22-23-39-42-45-48-52-56-60-64-68-72-76-82(87)81(80-86)85-83(88)77-73-69-65-61-57-53-49-46-43-40-37-35-33-31-29-27-25-24-26-28-30-32-34-36-38-41-44-47-51-55-59-63-67-71-75-79-90-84(89)78-74-70-66-62-58-54-50-20-18-16-14-12-10-8-6-4-2/h26,28,81-82,86-87H,3-25,27,29-80H2,1-2H3,(H,85,88)/b28-26-. The summed E-state index contributed by atoms with van der Waals surface area (Å²) in [5.74, 6) is -0.000153. The topological polar surface area (TPSA) is 95.9 Å². The van der Waals surface area contributed by atoms with Crippen molar-refractivity contribution in [1.29, 1.82) is 0 Å². The monoisotopic (exact) mass is 1270 g/mol. The summed E-state index contributed by atoms with van der Waals surface area (Å²) in [5, 5.41) is 23.5. The van der Waals surface area contributed by atoms with E-state index >= 15 is 0 Å². The van der Waals surface area contributed by atoms with E-state index in [4.69, 9.17) is 4.74 Å². The summed E-state index contributed by atoms with van der Waals surface area (Å²) in [4.78, 5) is 24.7. The van der Waals surface area contributed by atoms with E-state index < -0.39 is 12.1 Å². The molecule has 0 bridgehead atoms. The molecule has 6 heteroatoms. The summed E-state index contributed by atoms with van der Waals surface area (Å²) in [6.45, 7) is 5.02. The molecule has 6 nitrogen and oxygen atoms in total. The maximum Gasteiger partial charge on any atom is 0.305 e. The normalized spacial score (nSPS) is 12.4. The van der Waals surface area contributed by atoms with Gasteiger partial charge in [0.05, 0.1) is 25.4 Å². The Morgan fingerprint density at radius 3 is 0.789 bits per heavy atom. The molecule has 1 amide bonds. The third kappa shape index (κ3) is 75.6. The molecular weight excluding hydrogens is 1100 g/mol. The number of amides is 1. The molecule has 0 aromatic rings. The van der Waals surface area contributed by atoms with Crippen molar-refractivity contribution in [3.8, 4) is 0 Å². The van der Waals surface area contributed by atoms with Gasteiger partial charge in [-0.25, -0.2) is 0 Å². The van der Waals surface area contributed by atoms with Crippen molar-refractivity contribution in [2.45, 2.75) is 501 Å². The molecule has 0 rings (SSSR count). The predicted molar refractivity (Wildman–Crippen MR) is 398 cm³/mol. The maximum atomic E-state index is 12.6. The van der Waals surface area contributed by atoms with Crippen LogP contribution in [0.4, 0.5) is 0 Å². The molecule has 0 aliphatic carbocycles. The van der Waals surface area contributed by atoms with E-state index in [-0.39, 0.29) is 18.5 Å². The number of esters is 1. The number of aliphatic hydroxyl groups excluding tert-OH is 2. The third-order valence-electron chi connectivity index (χ3n) is 20.1. The summed E-state index contributed by atoms with van der Waals surface area (Å²) < 4.78 is 5.51. The summed E-state index contributed by atoms with van der Waals surface area (Å²) in [6.07, 6.45) is 102. The van der Waals surface area contributed by atoms with E-state index in [2.05, 4.69) is 31.3 Å². The van der Waals surface area contributed by atoms with Crippen LogP contribution in [0, 0.1) is 0 Å². The van der Waals surface area contributed by atoms with Crippen LogP contribution >= 0.6 is 0 Å². The lowest BCUT2D eigenvalue weighted by Crippen LogP contribution is -2.45. The number of unbranched alkanes of at least 4 members (excludes halogenated alkanes) is 67. The Morgan fingerprint density at radius 1 is 0.300 bits per heavy atom. The number of aliphatic hydroxyl groups is 2. The van der Waals surface area contributed by atoms with Gasteiger partial charge in [0.1, 0.15) is 0 Å². The molecule has 2 unspecified atom stereocenters. The zero-order valence-corrected chi connectivity index (χ0v) is 61.7. The van der Waals surface area contributed by atoms with E-state index in [1.54, 1.807) is 0 Å². The molecule has 0 aliphatic rings. The van der Waals surface area contributed by atoms with Crippen molar-refractivity contribution >= 4 is 11.9 Å². The lowest BCUT2D eigenvalue weighted by Gasteiger charge is -2.22. The zero-order valence-electron chi connectivity index (χ0n) is 61.7. The van der Waals surface area contributed by atoms with Crippen molar-refractivity contribution in [3.63, 3.8) is 0 Å². The lowest BCUT2D eigenvalue weighted by molar-refractivity contribution is -0.143. The van der Waals surface area contributed by atoms with E-state index in [1.165, 1.54) is 417 Å². The molecule has 90 heavy (non-hydrogen) atoms. The smallest absolute Gasteiger partial charge is 0.305 e. The molecule has 0 saturated carbocycles. The molecule has 0 saturated heterocycles. The second kappa shape index (κ2) is 80.0. The highest BCUT2D eigenvalue weighted by atomic mass is 16.5. The number of ether oxygens (including phenoxy) is 1. The molecule has 0 aliphatic heterocycles. The van der Waals surface area contributed by atoms with Crippen molar-refractivity contribution < 1.29 is 24.5 Å². The first-order valence-electron chi connectivity index (χ1n) is 41.9. The first kappa shape index (κ1) is 88.6. The van der Waals surface area contributed by atoms with Gasteiger partial charge in [-0.2, -0.15) is 0 Å². The van der Waals surface area contributed by atoms with Crippen LogP contribution in [0.2, 0.25) is 0 Å². The van der Waals surface area contributed by atoms with Gasteiger partial charge in [0.15, 0.2) is 0 Å². The number of allylic oxidation sites excluding steroid dienone is 2. The van der Waals surface area contributed by atoms with E-state index in [1.807, 2.05) is 0 Å². The molecule has 0 aromatic carbocycles.